The van der Waals surface area contributed by atoms with Crippen molar-refractivity contribution >= 4 is 17.5 Å². The molecule has 0 saturated carbocycles. The van der Waals surface area contributed by atoms with Crippen LogP contribution in [0, 0.1) is 12.8 Å². The standard InChI is InChI=1S/C19H28N2O3/c1-3-4-11-24-12-7-10-20-19(23)16-13-18(22)21(14-16)17-9-6-5-8-15(17)2/h5-6,8-9,16H,3-4,7,10-14H2,1-2H3,(H,20,23)/t16-/m1/s1. The van der Waals surface area contributed by atoms with E-state index in [1.165, 1.54) is 0 Å². The molecule has 1 fully saturated rings. The third-order valence-electron chi connectivity index (χ3n) is 4.31. The quantitative estimate of drug-likeness (QED) is 0.707. The lowest BCUT2D eigenvalue weighted by Gasteiger charge is -2.19. The first-order chi connectivity index (χ1) is 11.6. The van der Waals surface area contributed by atoms with Gasteiger partial charge in [0.05, 0.1) is 5.92 Å². The van der Waals surface area contributed by atoms with Crippen molar-refractivity contribution in [1.82, 2.24) is 5.32 Å². The Kier molecular flexibility index (Phi) is 7.25. The Hall–Kier alpha value is -1.88. The summed E-state index contributed by atoms with van der Waals surface area (Å²) in [5.41, 5.74) is 1.96. The van der Waals surface area contributed by atoms with Crippen molar-refractivity contribution in [3.8, 4) is 0 Å². The van der Waals surface area contributed by atoms with Gasteiger partial charge in [-0.3, -0.25) is 9.59 Å². The number of nitrogens with zero attached hydrogens (tertiary/aromatic N) is 1. The highest BCUT2D eigenvalue weighted by Crippen LogP contribution is 2.27. The average Bonchev–Trinajstić information content (AvgIpc) is 2.96. The highest BCUT2D eigenvalue weighted by molar-refractivity contribution is 6.00. The van der Waals surface area contributed by atoms with Gasteiger partial charge in [0.15, 0.2) is 0 Å². The number of hydrogen-bond donors (Lipinski definition) is 1. The van der Waals surface area contributed by atoms with E-state index in [-0.39, 0.29) is 24.2 Å². The van der Waals surface area contributed by atoms with E-state index in [1.807, 2.05) is 31.2 Å². The Bertz CT molecular complexity index is 559. The third-order valence-corrected chi connectivity index (χ3v) is 4.31. The van der Waals surface area contributed by atoms with Gasteiger partial charge in [-0.05, 0) is 31.4 Å². The lowest BCUT2D eigenvalue weighted by Crippen LogP contribution is -2.34. The molecule has 1 saturated heterocycles. The summed E-state index contributed by atoms with van der Waals surface area (Å²) in [6.45, 7) is 6.62. The summed E-state index contributed by atoms with van der Waals surface area (Å²) >= 11 is 0. The lowest BCUT2D eigenvalue weighted by molar-refractivity contribution is -0.126. The van der Waals surface area contributed by atoms with Crippen LogP contribution in [-0.2, 0) is 14.3 Å². The molecule has 2 rings (SSSR count). The zero-order valence-electron chi connectivity index (χ0n) is 14.7. The smallest absolute Gasteiger partial charge is 0.227 e. The Morgan fingerprint density at radius 1 is 1.29 bits per heavy atom. The molecule has 1 atom stereocenters. The van der Waals surface area contributed by atoms with E-state index in [9.17, 15) is 9.59 Å². The van der Waals surface area contributed by atoms with Gasteiger partial charge in [-0.1, -0.05) is 31.5 Å². The van der Waals surface area contributed by atoms with Gasteiger partial charge in [-0.15, -0.1) is 0 Å². The largest absolute Gasteiger partial charge is 0.381 e. The summed E-state index contributed by atoms with van der Waals surface area (Å²) in [4.78, 5) is 26.2. The predicted molar refractivity (Wildman–Crippen MR) is 95.0 cm³/mol. The van der Waals surface area contributed by atoms with Crippen molar-refractivity contribution in [2.75, 3.05) is 31.2 Å². The molecule has 0 aromatic heterocycles. The number of hydrogen-bond acceptors (Lipinski definition) is 3. The Morgan fingerprint density at radius 2 is 2.04 bits per heavy atom. The first kappa shape index (κ1) is 18.5. The molecule has 0 unspecified atom stereocenters. The molecule has 1 aromatic carbocycles. The Morgan fingerprint density at radius 3 is 2.79 bits per heavy atom. The second-order valence-electron chi connectivity index (χ2n) is 6.30. The minimum atomic E-state index is -0.266. The van der Waals surface area contributed by atoms with E-state index in [0.717, 1.165) is 37.1 Å². The van der Waals surface area contributed by atoms with E-state index < -0.39 is 0 Å². The van der Waals surface area contributed by atoms with Crippen molar-refractivity contribution in [3.05, 3.63) is 29.8 Å². The zero-order chi connectivity index (χ0) is 17.4. The lowest BCUT2D eigenvalue weighted by atomic mass is 10.1. The molecule has 5 nitrogen and oxygen atoms in total. The van der Waals surface area contributed by atoms with E-state index in [4.69, 9.17) is 4.74 Å². The molecule has 0 bridgehead atoms. The maximum absolute atomic E-state index is 12.3. The Labute approximate surface area is 144 Å². The summed E-state index contributed by atoms with van der Waals surface area (Å²) in [6, 6.07) is 7.78. The number of anilines is 1. The second-order valence-corrected chi connectivity index (χ2v) is 6.30. The highest BCUT2D eigenvalue weighted by Gasteiger charge is 2.35. The first-order valence-electron chi connectivity index (χ1n) is 8.85. The fourth-order valence-corrected chi connectivity index (χ4v) is 2.86. The van der Waals surface area contributed by atoms with Crippen LogP contribution in [0.2, 0.25) is 0 Å². The molecule has 1 aromatic rings. The molecule has 2 amide bonds. The maximum atomic E-state index is 12.3. The maximum Gasteiger partial charge on any atom is 0.227 e. The van der Waals surface area contributed by atoms with Crippen molar-refractivity contribution < 1.29 is 14.3 Å². The van der Waals surface area contributed by atoms with Gasteiger partial charge in [-0.25, -0.2) is 0 Å². The van der Waals surface area contributed by atoms with Gasteiger partial charge in [0.1, 0.15) is 0 Å². The number of aryl methyl sites for hydroxylation is 1. The number of unbranched alkanes of at least 4 members (excludes halogenated alkanes) is 1. The van der Waals surface area contributed by atoms with Gasteiger partial charge in [0, 0.05) is 38.4 Å². The monoisotopic (exact) mass is 332 g/mol. The summed E-state index contributed by atoms with van der Waals surface area (Å²) in [7, 11) is 0. The molecule has 0 radical (unpaired) electrons. The summed E-state index contributed by atoms with van der Waals surface area (Å²) < 4.78 is 5.47. The van der Waals surface area contributed by atoms with Crippen LogP contribution >= 0.6 is 0 Å². The van der Waals surface area contributed by atoms with Crippen LogP contribution in [0.3, 0.4) is 0 Å². The number of para-hydroxylation sites is 1. The summed E-state index contributed by atoms with van der Waals surface area (Å²) in [5.74, 6) is -0.279. The minimum absolute atomic E-state index is 0.0207. The molecule has 5 heteroatoms. The van der Waals surface area contributed by atoms with Crippen LogP contribution in [0.1, 0.15) is 38.2 Å². The minimum Gasteiger partial charge on any atom is -0.381 e. The molecule has 1 N–H and O–H groups in total. The predicted octanol–water partition coefficient (Wildman–Crippen LogP) is 2.67. The fourth-order valence-electron chi connectivity index (χ4n) is 2.86. The summed E-state index contributed by atoms with van der Waals surface area (Å²) in [6.07, 6.45) is 3.29. The molecule has 1 heterocycles. The van der Waals surface area contributed by atoms with Crippen LogP contribution < -0.4 is 10.2 Å². The molecule has 0 spiro atoms. The number of carbonyl (C=O) groups is 2. The van der Waals surface area contributed by atoms with Crippen molar-refractivity contribution in [1.29, 1.82) is 0 Å². The zero-order valence-corrected chi connectivity index (χ0v) is 14.7. The first-order valence-corrected chi connectivity index (χ1v) is 8.85. The van der Waals surface area contributed by atoms with Crippen molar-refractivity contribution in [2.24, 2.45) is 5.92 Å². The third kappa shape index (κ3) is 5.06. The van der Waals surface area contributed by atoms with Crippen LogP contribution in [0.5, 0.6) is 0 Å². The number of rotatable bonds is 9. The number of amides is 2. The second kappa shape index (κ2) is 9.42. The SMILES string of the molecule is CCCCOCCCNC(=O)[C@@H]1CC(=O)N(c2ccccc2C)C1. The number of carbonyl (C=O) groups excluding carboxylic acids is 2. The van der Waals surface area contributed by atoms with Gasteiger partial charge in [0.25, 0.3) is 0 Å². The van der Waals surface area contributed by atoms with Gasteiger partial charge in [0.2, 0.25) is 11.8 Å². The van der Waals surface area contributed by atoms with E-state index in [0.29, 0.717) is 19.7 Å². The average molecular weight is 332 g/mol. The fraction of sp³-hybridized carbons (Fsp3) is 0.579. The topological polar surface area (TPSA) is 58.6 Å². The van der Waals surface area contributed by atoms with Crippen molar-refractivity contribution in [3.63, 3.8) is 0 Å². The van der Waals surface area contributed by atoms with Crippen molar-refractivity contribution in [2.45, 2.75) is 39.5 Å². The number of ether oxygens (including phenoxy) is 1. The Balaban J connectivity index is 1.75. The van der Waals surface area contributed by atoms with Gasteiger partial charge < -0.3 is 15.0 Å². The van der Waals surface area contributed by atoms with Gasteiger partial charge >= 0.3 is 0 Å². The highest BCUT2D eigenvalue weighted by atomic mass is 16.5. The molecule has 24 heavy (non-hydrogen) atoms. The molecular weight excluding hydrogens is 304 g/mol. The van der Waals surface area contributed by atoms with E-state index >= 15 is 0 Å². The van der Waals surface area contributed by atoms with Crippen LogP contribution in [0.25, 0.3) is 0 Å². The molecule has 1 aliphatic rings. The van der Waals surface area contributed by atoms with Crippen LogP contribution in [-0.4, -0.2) is 38.1 Å². The van der Waals surface area contributed by atoms with E-state index in [1.54, 1.807) is 4.90 Å². The summed E-state index contributed by atoms with van der Waals surface area (Å²) in [5, 5.41) is 2.92. The molecule has 1 aliphatic heterocycles. The van der Waals surface area contributed by atoms with Gasteiger partial charge in [-0.2, -0.15) is 0 Å². The van der Waals surface area contributed by atoms with E-state index in [2.05, 4.69) is 12.2 Å². The number of nitrogens with one attached hydrogen (secondary N) is 1. The van der Waals surface area contributed by atoms with Crippen LogP contribution in [0.4, 0.5) is 5.69 Å². The molecule has 132 valence electrons. The normalized spacial score (nSPS) is 17.3. The molecule has 0 aliphatic carbocycles. The van der Waals surface area contributed by atoms with Crippen LogP contribution in [0.15, 0.2) is 24.3 Å². The number of benzene rings is 1. The molecular formula is C19H28N2O3.